The Hall–Kier alpha value is -2.28. The fraction of sp³-hybridized carbons (Fsp3) is 0.300. The van der Waals surface area contributed by atoms with Crippen LogP contribution in [-0.4, -0.2) is 42.8 Å². The van der Waals surface area contributed by atoms with Crippen molar-refractivity contribution in [2.24, 2.45) is 0 Å². The number of nitrogens with zero attached hydrogens (tertiary/aromatic N) is 3. The Morgan fingerprint density at radius 1 is 1.04 bits per heavy atom. The van der Waals surface area contributed by atoms with Gasteiger partial charge in [0.1, 0.15) is 6.61 Å². The first-order valence-electron chi connectivity index (χ1n) is 9.20. The first-order chi connectivity index (χ1) is 13.7. The summed E-state index contributed by atoms with van der Waals surface area (Å²) < 4.78 is 12.3. The van der Waals surface area contributed by atoms with Crippen molar-refractivity contribution in [1.29, 1.82) is 0 Å². The summed E-state index contributed by atoms with van der Waals surface area (Å²) in [5.41, 5.74) is 0.965. The lowest BCUT2D eigenvalue weighted by atomic mass is 10.0. The van der Waals surface area contributed by atoms with Crippen LogP contribution in [0.1, 0.15) is 11.7 Å². The Morgan fingerprint density at radius 2 is 1.82 bits per heavy atom. The van der Waals surface area contributed by atoms with Gasteiger partial charge in [-0.05, 0) is 23.1 Å². The van der Waals surface area contributed by atoms with Gasteiger partial charge in [0.05, 0.1) is 0 Å². The Kier molecular flexibility index (Phi) is 4.62. The molecule has 144 valence electrons. The Balaban J connectivity index is 1.54. The molecule has 1 saturated heterocycles. The van der Waals surface area contributed by atoms with Crippen LogP contribution >= 0.6 is 23.2 Å². The zero-order valence-electron chi connectivity index (χ0n) is 15.0. The van der Waals surface area contributed by atoms with Crippen LogP contribution in [-0.2, 0) is 0 Å². The summed E-state index contributed by atoms with van der Waals surface area (Å²) in [7, 11) is 0. The van der Waals surface area contributed by atoms with Gasteiger partial charge in [0.2, 0.25) is 11.0 Å². The minimum Gasteiger partial charge on any atom is -0.481 e. The van der Waals surface area contributed by atoms with Gasteiger partial charge < -0.3 is 19.7 Å². The molecule has 1 fully saturated rings. The number of fused-ring (bicyclic) bond motifs is 2. The van der Waals surface area contributed by atoms with Gasteiger partial charge in [-0.25, -0.2) is 0 Å². The van der Waals surface area contributed by atoms with Crippen molar-refractivity contribution in [3.63, 3.8) is 0 Å². The SMILES string of the molecule is Clc1nc2c(c(N3CCNCC3)n1)OCC(c1cccc3cccc(Cl)c13)O2. The number of hydrogen-bond acceptors (Lipinski definition) is 6. The summed E-state index contributed by atoms with van der Waals surface area (Å²) in [5, 5.41) is 6.18. The topological polar surface area (TPSA) is 59.5 Å². The number of ether oxygens (including phenoxy) is 2. The van der Waals surface area contributed by atoms with E-state index < -0.39 is 0 Å². The third kappa shape index (κ3) is 3.11. The lowest BCUT2D eigenvalue weighted by Crippen LogP contribution is -2.44. The smallest absolute Gasteiger partial charge is 0.264 e. The fourth-order valence-electron chi connectivity index (χ4n) is 3.76. The van der Waals surface area contributed by atoms with Crippen LogP contribution < -0.4 is 19.7 Å². The number of aromatic nitrogens is 2. The molecule has 2 aliphatic heterocycles. The van der Waals surface area contributed by atoms with E-state index in [1.54, 1.807) is 0 Å². The van der Waals surface area contributed by atoms with Crippen molar-refractivity contribution in [2.75, 3.05) is 37.7 Å². The van der Waals surface area contributed by atoms with Crippen LogP contribution in [0, 0.1) is 0 Å². The highest BCUT2D eigenvalue weighted by molar-refractivity contribution is 6.35. The molecule has 0 spiro atoms. The molecule has 1 N–H and O–H groups in total. The third-order valence-corrected chi connectivity index (χ3v) is 5.56. The van der Waals surface area contributed by atoms with Crippen molar-refractivity contribution in [3.05, 3.63) is 52.3 Å². The van der Waals surface area contributed by atoms with Gasteiger partial charge in [-0.15, -0.1) is 0 Å². The second-order valence-electron chi connectivity index (χ2n) is 6.79. The van der Waals surface area contributed by atoms with Crippen LogP contribution in [0.4, 0.5) is 5.82 Å². The summed E-state index contributed by atoms with van der Waals surface area (Å²) in [6, 6.07) is 11.9. The van der Waals surface area contributed by atoms with Crippen LogP contribution in [0.2, 0.25) is 10.3 Å². The lowest BCUT2D eigenvalue weighted by Gasteiger charge is -2.33. The number of anilines is 1. The summed E-state index contributed by atoms with van der Waals surface area (Å²) in [4.78, 5) is 10.8. The first-order valence-corrected chi connectivity index (χ1v) is 9.96. The molecule has 1 aromatic heterocycles. The Labute approximate surface area is 172 Å². The standard InChI is InChI=1S/C20H18Cl2N4O2/c21-14-6-2-4-12-3-1-5-13(16(12)14)15-11-27-17-18(26-9-7-23-8-10-26)24-20(22)25-19(17)28-15/h1-6,15,23H,7-11H2. The van der Waals surface area contributed by atoms with Crippen molar-refractivity contribution in [3.8, 4) is 11.6 Å². The maximum absolute atomic E-state index is 6.48. The predicted molar refractivity (Wildman–Crippen MR) is 110 cm³/mol. The molecule has 0 aliphatic carbocycles. The van der Waals surface area contributed by atoms with Gasteiger partial charge >= 0.3 is 0 Å². The van der Waals surface area contributed by atoms with Crippen molar-refractivity contribution >= 4 is 39.8 Å². The van der Waals surface area contributed by atoms with Crippen molar-refractivity contribution < 1.29 is 9.47 Å². The number of nitrogens with one attached hydrogen (secondary N) is 1. The minimum atomic E-state index is -0.335. The van der Waals surface area contributed by atoms with Crippen LogP contribution in [0.25, 0.3) is 10.8 Å². The number of rotatable bonds is 2. The monoisotopic (exact) mass is 416 g/mol. The van der Waals surface area contributed by atoms with Gasteiger partial charge in [0.25, 0.3) is 5.88 Å². The summed E-state index contributed by atoms with van der Waals surface area (Å²) in [6.45, 7) is 3.77. The van der Waals surface area contributed by atoms with E-state index in [-0.39, 0.29) is 11.4 Å². The van der Waals surface area contributed by atoms with Gasteiger partial charge in [-0.2, -0.15) is 9.97 Å². The van der Waals surface area contributed by atoms with E-state index in [4.69, 9.17) is 32.7 Å². The van der Waals surface area contributed by atoms with Gasteiger partial charge in [0, 0.05) is 42.2 Å². The van der Waals surface area contributed by atoms with E-state index in [0.717, 1.165) is 42.5 Å². The molecular weight excluding hydrogens is 399 g/mol. The molecule has 0 saturated carbocycles. The molecule has 6 nitrogen and oxygen atoms in total. The van der Waals surface area contributed by atoms with Gasteiger partial charge in [-0.1, -0.05) is 41.9 Å². The lowest BCUT2D eigenvalue weighted by molar-refractivity contribution is 0.0858. The molecule has 2 aliphatic rings. The highest BCUT2D eigenvalue weighted by Gasteiger charge is 2.31. The van der Waals surface area contributed by atoms with E-state index in [1.807, 2.05) is 36.4 Å². The molecular formula is C20H18Cl2N4O2. The average Bonchev–Trinajstić information content (AvgIpc) is 2.73. The molecule has 2 aromatic carbocycles. The van der Waals surface area contributed by atoms with Crippen LogP contribution in [0.5, 0.6) is 11.6 Å². The zero-order chi connectivity index (χ0) is 19.1. The molecule has 1 atom stereocenters. The predicted octanol–water partition coefficient (Wildman–Crippen LogP) is 3.86. The molecule has 0 amide bonds. The first kappa shape index (κ1) is 17.8. The summed E-state index contributed by atoms with van der Waals surface area (Å²) >= 11 is 12.7. The fourth-order valence-corrected chi connectivity index (χ4v) is 4.21. The largest absolute Gasteiger partial charge is 0.481 e. The number of piperazine rings is 1. The maximum atomic E-state index is 6.48. The average molecular weight is 417 g/mol. The summed E-state index contributed by atoms with van der Waals surface area (Å²) in [5.74, 6) is 1.61. The van der Waals surface area contributed by atoms with E-state index >= 15 is 0 Å². The quantitative estimate of drug-likeness (QED) is 0.640. The van der Waals surface area contributed by atoms with Crippen LogP contribution in [0.3, 0.4) is 0 Å². The number of halogens is 2. The molecule has 0 bridgehead atoms. The van der Waals surface area contributed by atoms with E-state index in [0.29, 0.717) is 29.1 Å². The van der Waals surface area contributed by atoms with E-state index in [1.165, 1.54) is 0 Å². The Morgan fingerprint density at radius 3 is 2.64 bits per heavy atom. The molecule has 1 unspecified atom stereocenters. The molecule has 3 heterocycles. The molecule has 3 aromatic rings. The molecule has 28 heavy (non-hydrogen) atoms. The van der Waals surface area contributed by atoms with Gasteiger partial charge in [-0.3, -0.25) is 0 Å². The van der Waals surface area contributed by atoms with Crippen molar-refractivity contribution in [2.45, 2.75) is 6.10 Å². The molecule has 8 heteroatoms. The second kappa shape index (κ2) is 7.28. The molecule has 5 rings (SSSR count). The van der Waals surface area contributed by atoms with E-state index in [9.17, 15) is 0 Å². The van der Waals surface area contributed by atoms with Gasteiger partial charge in [0.15, 0.2) is 11.9 Å². The van der Waals surface area contributed by atoms with Crippen LogP contribution in [0.15, 0.2) is 36.4 Å². The van der Waals surface area contributed by atoms with Crippen molar-refractivity contribution in [1.82, 2.24) is 15.3 Å². The second-order valence-corrected chi connectivity index (χ2v) is 7.54. The normalized spacial score (nSPS) is 19.1. The maximum Gasteiger partial charge on any atom is 0.264 e. The third-order valence-electron chi connectivity index (χ3n) is 5.07. The minimum absolute atomic E-state index is 0.146. The van der Waals surface area contributed by atoms with E-state index in [2.05, 4.69) is 20.2 Å². The number of hydrogen-bond donors (Lipinski definition) is 1. The highest BCUT2D eigenvalue weighted by Crippen LogP contribution is 2.43. The molecule has 0 radical (unpaired) electrons. The summed E-state index contributed by atoms with van der Waals surface area (Å²) in [6.07, 6.45) is -0.335. The number of benzene rings is 2. The zero-order valence-corrected chi connectivity index (χ0v) is 16.5. The Bertz CT molecular complexity index is 1030. The highest BCUT2D eigenvalue weighted by atomic mass is 35.5.